The summed E-state index contributed by atoms with van der Waals surface area (Å²) in [4.78, 5) is 0. The number of halogens is 2. The average Bonchev–Trinajstić information content (AvgIpc) is 2.56. The lowest BCUT2D eigenvalue weighted by Crippen LogP contribution is -2.30. The van der Waals surface area contributed by atoms with Gasteiger partial charge < -0.3 is 16.2 Å². The SMILES string of the molecule is N#Cc1c(N)nsc1NCC(F)(F)CO. The van der Waals surface area contributed by atoms with Crippen molar-refractivity contribution in [2.24, 2.45) is 0 Å². The summed E-state index contributed by atoms with van der Waals surface area (Å²) in [6.07, 6.45) is 0. The second-order valence-corrected chi connectivity index (χ2v) is 3.52. The number of hydrogen-bond acceptors (Lipinski definition) is 6. The highest BCUT2D eigenvalue weighted by Gasteiger charge is 2.28. The molecule has 0 spiro atoms. The molecular weight excluding hydrogens is 226 g/mol. The van der Waals surface area contributed by atoms with Gasteiger partial charge in [-0.25, -0.2) is 8.78 Å². The molecule has 0 atom stereocenters. The van der Waals surface area contributed by atoms with Crippen LogP contribution in [0.2, 0.25) is 0 Å². The zero-order chi connectivity index (χ0) is 11.5. The van der Waals surface area contributed by atoms with Gasteiger partial charge in [-0.05, 0) is 11.5 Å². The van der Waals surface area contributed by atoms with Crippen LogP contribution in [0.1, 0.15) is 5.56 Å². The highest BCUT2D eigenvalue weighted by Crippen LogP contribution is 2.26. The first kappa shape index (κ1) is 11.6. The lowest BCUT2D eigenvalue weighted by Gasteiger charge is -2.13. The van der Waals surface area contributed by atoms with Crippen molar-refractivity contribution in [3.8, 4) is 6.07 Å². The zero-order valence-corrected chi connectivity index (χ0v) is 8.31. The van der Waals surface area contributed by atoms with E-state index in [9.17, 15) is 8.78 Å². The van der Waals surface area contributed by atoms with E-state index in [4.69, 9.17) is 16.1 Å². The molecule has 8 heteroatoms. The minimum atomic E-state index is -3.23. The van der Waals surface area contributed by atoms with E-state index in [0.717, 1.165) is 11.5 Å². The summed E-state index contributed by atoms with van der Waals surface area (Å²) in [5.74, 6) is -3.22. The molecule has 1 rings (SSSR count). The number of aromatic nitrogens is 1. The number of alkyl halides is 2. The van der Waals surface area contributed by atoms with E-state index in [1.54, 1.807) is 6.07 Å². The predicted molar refractivity (Wildman–Crippen MR) is 51.8 cm³/mol. The number of aliphatic hydroxyl groups is 1. The Bertz CT molecular complexity index is 387. The van der Waals surface area contributed by atoms with Gasteiger partial charge in [0.25, 0.3) is 5.92 Å². The summed E-state index contributed by atoms with van der Waals surface area (Å²) in [5, 5.41) is 19.4. The summed E-state index contributed by atoms with van der Waals surface area (Å²) in [7, 11) is 0. The minimum Gasteiger partial charge on any atom is -0.390 e. The quantitative estimate of drug-likeness (QED) is 0.710. The molecule has 82 valence electrons. The number of anilines is 2. The number of aliphatic hydroxyl groups excluding tert-OH is 1. The molecule has 0 bridgehead atoms. The molecule has 15 heavy (non-hydrogen) atoms. The molecule has 1 aromatic heterocycles. The molecule has 0 unspecified atom stereocenters. The summed E-state index contributed by atoms with van der Waals surface area (Å²) < 4.78 is 28.9. The van der Waals surface area contributed by atoms with E-state index >= 15 is 0 Å². The first-order valence-electron chi connectivity index (χ1n) is 3.88. The van der Waals surface area contributed by atoms with Crippen molar-refractivity contribution in [2.45, 2.75) is 5.92 Å². The van der Waals surface area contributed by atoms with Crippen molar-refractivity contribution >= 4 is 22.4 Å². The zero-order valence-electron chi connectivity index (χ0n) is 7.50. The monoisotopic (exact) mass is 234 g/mol. The fourth-order valence-electron chi connectivity index (χ4n) is 0.797. The third-order valence-electron chi connectivity index (χ3n) is 1.57. The Hall–Kier alpha value is -1.46. The Kier molecular flexibility index (Phi) is 3.39. The average molecular weight is 234 g/mol. The van der Waals surface area contributed by atoms with Crippen LogP contribution in [0, 0.1) is 11.3 Å². The van der Waals surface area contributed by atoms with E-state index < -0.39 is 19.1 Å². The van der Waals surface area contributed by atoms with Crippen LogP contribution < -0.4 is 11.1 Å². The van der Waals surface area contributed by atoms with Gasteiger partial charge in [0.15, 0.2) is 5.82 Å². The molecule has 5 nitrogen and oxygen atoms in total. The molecule has 0 saturated heterocycles. The van der Waals surface area contributed by atoms with Crippen molar-refractivity contribution in [3.63, 3.8) is 0 Å². The van der Waals surface area contributed by atoms with E-state index in [-0.39, 0.29) is 16.4 Å². The van der Waals surface area contributed by atoms with Crippen LogP contribution in [0.5, 0.6) is 0 Å². The number of hydrogen-bond donors (Lipinski definition) is 3. The van der Waals surface area contributed by atoms with Crippen LogP contribution in [0.4, 0.5) is 19.6 Å². The maximum absolute atomic E-state index is 12.6. The van der Waals surface area contributed by atoms with Crippen molar-refractivity contribution in [1.82, 2.24) is 4.37 Å². The third kappa shape index (κ3) is 2.74. The summed E-state index contributed by atoms with van der Waals surface area (Å²) in [6, 6.07) is 1.75. The molecule has 1 aromatic rings. The van der Waals surface area contributed by atoms with Gasteiger partial charge in [0.1, 0.15) is 23.2 Å². The van der Waals surface area contributed by atoms with Gasteiger partial charge >= 0.3 is 0 Å². The van der Waals surface area contributed by atoms with Gasteiger partial charge in [-0.3, -0.25) is 0 Å². The second kappa shape index (κ2) is 4.37. The lowest BCUT2D eigenvalue weighted by molar-refractivity contribution is -0.0372. The first-order valence-corrected chi connectivity index (χ1v) is 4.65. The molecule has 0 fully saturated rings. The van der Waals surface area contributed by atoms with Crippen molar-refractivity contribution < 1.29 is 13.9 Å². The van der Waals surface area contributed by atoms with Crippen molar-refractivity contribution in [2.75, 3.05) is 24.2 Å². The molecule has 1 heterocycles. The molecular formula is C7H8F2N4OS. The van der Waals surface area contributed by atoms with Crippen LogP contribution in [0.25, 0.3) is 0 Å². The molecule has 0 saturated carbocycles. The maximum Gasteiger partial charge on any atom is 0.287 e. The van der Waals surface area contributed by atoms with Crippen LogP contribution in [-0.2, 0) is 0 Å². The van der Waals surface area contributed by atoms with Gasteiger partial charge in [0, 0.05) is 0 Å². The Labute approximate surface area is 88.3 Å². The topological polar surface area (TPSA) is 95.0 Å². The predicted octanol–water partition coefficient (Wildman–Crippen LogP) is 0.636. The standard InChI is InChI=1S/C7H8F2N4OS/c8-7(9,3-14)2-12-6-4(1-10)5(11)13-15-6/h12,14H,2-3H2,(H2,11,13). The van der Waals surface area contributed by atoms with Crippen LogP contribution in [-0.4, -0.2) is 28.6 Å². The van der Waals surface area contributed by atoms with Gasteiger partial charge in [-0.2, -0.15) is 9.64 Å². The number of nitrogens with two attached hydrogens (primary N) is 1. The van der Waals surface area contributed by atoms with Gasteiger partial charge in [-0.1, -0.05) is 0 Å². The Balaban J connectivity index is 2.71. The molecule has 0 aromatic carbocycles. The molecule has 0 aliphatic carbocycles. The van der Waals surface area contributed by atoms with Crippen LogP contribution in [0.15, 0.2) is 0 Å². The highest BCUT2D eigenvalue weighted by molar-refractivity contribution is 7.10. The highest BCUT2D eigenvalue weighted by atomic mass is 32.1. The number of rotatable bonds is 4. The fourth-order valence-corrected chi connectivity index (χ4v) is 1.46. The summed E-state index contributed by atoms with van der Waals surface area (Å²) in [6.45, 7) is -2.02. The van der Waals surface area contributed by atoms with E-state index in [0.29, 0.717) is 0 Å². The van der Waals surface area contributed by atoms with E-state index in [1.807, 2.05) is 0 Å². The molecule has 0 aliphatic rings. The molecule has 0 aliphatic heterocycles. The number of nitrogens with one attached hydrogen (secondary N) is 1. The number of nitrogen functional groups attached to an aromatic ring is 1. The van der Waals surface area contributed by atoms with Crippen molar-refractivity contribution in [3.05, 3.63) is 5.56 Å². The smallest absolute Gasteiger partial charge is 0.287 e. The van der Waals surface area contributed by atoms with Gasteiger partial charge in [-0.15, -0.1) is 0 Å². The number of nitrogens with zero attached hydrogens (tertiary/aromatic N) is 2. The van der Waals surface area contributed by atoms with Crippen LogP contribution in [0.3, 0.4) is 0 Å². The summed E-state index contributed by atoms with van der Waals surface area (Å²) in [5.41, 5.74) is 5.37. The van der Waals surface area contributed by atoms with Gasteiger partial charge in [0.2, 0.25) is 0 Å². The van der Waals surface area contributed by atoms with E-state index in [1.165, 1.54) is 0 Å². The first-order chi connectivity index (χ1) is 7.00. The second-order valence-electron chi connectivity index (χ2n) is 2.75. The maximum atomic E-state index is 12.6. The fraction of sp³-hybridized carbons (Fsp3) is 0.429. The molecule has 0 radical (unpaired) electrons. The summed E-state index contributed by atoms with van der Waals surface area (Å²) >= 11 is 0.828. The molecule has 0 amide bonds. The normalized spacial score (nSPS) is 11.1. The Morgan fingerprint density at radius 1 is 1.67 bits per heavy atom. The largest absolute Gasteiger partial charge is 0.390 e. The lowest BCUT2D eigenvalue weighted by atomic mass is 10.3. The van der Waals surface area contributed by atoms with Crippen molar-refractivity contribution in [1.29, 1.82) is 5.26 Å². The third-order valence-corrected chi connectivity index (χ3v) is 2.39. The number of nitriles is 1. The molecule has 4 N–H and O–H groups in total. The minimum absolute atomic E-state index is 0.0114. The Morgan fingerprint density at radius 3 is 2.87 bits per heavy atom. The Morgan fingerprint density at radius 2 is 2.33 bits per heavy atom. The van der Waals surface area contributed by atoms with Gasteiger partial charge in [0.05, 0.1) is 6.54 Å². The van der Waals surface area contributed by atoms with Crippen LogP contribution >= 0.6 is 11.5 Å². The van der Waals surface area contributed by atoms with E-state index in [2.05, 4.69) is 9.69 Å².